The molecular formula is C19H16FN3. The topological polar surface area (TPSA) is 37.8 Å². The van der Waals surface area contributed by atoms with E-state index in [0.29, 0.717) is 22.9 Å². The molecule has 3 aromatic rings. The summed E-state index contributed by atoms with van der Waals surface area (Å²) in [5, 5.41) is 3.28. The van der Waals surface area contributed by atoms with Gasteiger partial charge < -0.3 is 5.32 Å². The average molecular weight is 305 g/mol. The number of nitrogens with zero attached hydrogens (tertiary/aromatic N) is 2. The summed E-state index contributed by atoms with van der Waals surface area (Å²) in [6.07, 6.45) is 5.65. The van der Waals surface area contributed by atoms with E-state index >= 15 is 0 Å². The zero-order chi connectivity index (χ0) is 15.6. The molecule has 114 valence electrons. The average Bonchev–Trinajstić information content (AvgIpc) is 3.41. The Morgan fingerprint density at radius 1 is 0.870 bits per heavy atom. The van der Waals surface area contributed by atoms with Crippen molar-refractivity contribution in [1.29, 1.82) is 0 Å². The van der Waals surface area contributed by atoms with Crippen LogP contribution in [-0.4, -0.2) is 16.0 Å². The highest BCUT2D eigenvalue weighted by Gasteiger charge is 2.21. The number of halogens is 1. The van der Waals surface area contributed by atoms with Gasteiger partial charge in [0.1, 0.15) is 11.6 Å². The van der Waals surface area contributed by atoms with E-state index in [1.807, 2.05) is 36.4 Å². The first kappa shape index (κ1) is 13.9. The maximum Gasteiger partial charge on any atom is 0.144 e. The van der Waals surface area contributed by atoms with Crippen LogP contribution in [0.4, 0.5) is 10.2 Å². The Hall–Kier alpha value is -2.75. The van der Waals surface area contributed by atoms with Crippen LogP contribution in [0.1, 0.15) is 12.8 Å². The number of benzene rings is 2. The third-order valence-corrected chi connectivity index (χ3v) is 3.94. The van der Waals surface area contributed by atoms with Gasteiger partial charge in [0.25, 0.3) is 0 Å². The maximum atomic E-state index is 14.9. The van der Waals surface area contributed by atoms with Crippen molar-refractivity contribution in [2.45, 2.75) is 18.9 Å². The van der Waals surface area contributed by atoms with Crippen LogP contribution in [0, 0.1) is 5.82 Å². The van der Waals surface area contributed by atoms with Gasteiger partial charge in [-0.1, -0.05) is 42.5 Å². The molecule has 0 saturated heterocycles. The lowest BCUT2D eigenvalue weighted by molar-refractivity contribution is 0.634. The number of anilines is 1. The number of hydrogen-bond acceptors (Lipinski definition) is 3. The van der Waals surface area contributed by atoms with Crippen molar-refractivity contribution in [3.05, 3.63) is 66.7 Å². The van der Waals surface area contributed by atoms with E-state index in [1.54, 1.807) is 24.5 Å². The molecule has 0 spiro atoms. The Kier molecular flexibility index (Phi) is 3.50. The summed E-state index contributed by atoms with van der Waals surface area (Å²) >= 11 is 0. The van der Waals surface area contributed by atoms with E-state index in [4.69, 9.17) is 0 Å². The molecule has 1 fully saturated rings. The molecule has 1 N–H and O–H groups in total. The van der Waals surface area contributed by atoms with Crippen LogP contribution in [0.5, 0.6) is 0 Å². The van der Waals surface area contributed by atoms with Crippen molar-refractivity contribution in [3.63, 3.8) is 0 Å². The van der Waals surface area contributed by atoms with Gasteiger partial charge in [-0.05, 0) is 24.5 Å². The normalized spacial score (nSPS) is 13.8. The van der Waals surface area contributed by atoms with Crippen molar-refractivity contribution >= 4 is 5.82 Å². The highest BCUT2D eigenvalue weighted by molar-refractivity contribution is 5.72. The van der Waals surface area contributed by atoms with Crippen molar-refractivity contribution in [2.24, 2.45) is 0 Å². The summed E-state index contributed by atoms with van der Waals surface area (Å²) in [4.78, 5) is 8.70. The van der Waals surface area contributed by atoms with Crippen molar-refractivity contribution < 1.29 is 4.39 Å². The summed E-state index contributed by atoms with van der Waals surface area (Å²) in [7, 11) is 0. The standard InChI is InChI=1S/C19H16FN3/c20-19-15(13-5-2-1-3-6-13)7-4-8-16(19)17-11-22-18(12-21-17)23-14-9-10-14/h1-8,11-12,14H,9-10H2,(H,22,23). The summed E-state index contributed by atoms with van der Waals surface area (Å²) < 4.78 is 14.9. The highest BCUT2D eigenvalue weighted by Crippen LogP contribution is 2.30. The Balaban J connectivity index is 1.68. The van der Waals surface area contributed by atoms with Gasteiger partial charge in [-0.2, -0.15) is 0 Å². The second kappa shape index (κ2) is 5.80. The Morgan fingerprint density at radius 3 is 2.35 bits per heavy atom. The number of hydrogen-bond donors (Lipinski definition) is 1. The minimum Gasteiger partial charge on any atom is -0.366 e. The number of rotatable bonds is 4. The third kappa shape index (κ3) is 2.93. The summed E-state index contributed by atoms with van der Waals surface area (Å²) in [5.41, 5.74) is 2.44. The lowest BCUT2D eigenvalue weighted by atomic mass is 10.0. The van der Waals surface area contributed by atoms with Crippen LogP contribution in [-0.2, 0) is 0 Å². The molecule has 3 nitrogen and oxygen atoms in total. The minimum atomic E-state index is -0.268. The minimum absolute atomic E-state index is 0.268. The van der Waals surface area contributed by atoms with E-state index in [0.717, 1.165) is 11.4 Å². The zero-order valence-electron chi connectivity index (χ0n) is 12.5. The molecule has 23 heavy (non-hydrogen) atoms. The molecule has 0 aliphatic heterocycles. The molecular weight excluding hydrogens is 289 g/mol. The SMILES string of the molecule is Fc1c(-c2ccccc2)cccc1-c1cnc(NC2CC2)cn1. The molecule has 0 atom stereocenters. The molecule has 0 bridgehead atoms. The largest absolute Gasteiger partial charge is 0.366 e. The quantitative estimate of drug-likeness (QED) is 0.770. The maximum absolute atomic E-state index is 14.9. The molecule has 1 aromatic heterocycles. The summed E-state index contributed by atoms with van der Waals surface area (Å²) in [6.45, 7) is 0. The smallest absolute Gasteiger partial charge is 0.144 e. The number of aromatic nitrogens is 2. The highest BCUT2D eigenvalue weighted by atomic mass is 19.1. The fourth-order valence-electron chi connectivity index (χ4n) is 2.55. The fraction of sp³-hybridized carbons (Fsp3) is 0.158. The van der Waals surface area contributed by atoms with Crippen molar-refractivity contribution in [2.75, 3.05) is 5.32 Å². The number of nitrogens with one attached hydrogen (secondary N) is 1. The second-order valence-electron chi connectivity index (χ2n) is 5.74. The van der Waals surface area contributed by atoms with Crippen LogP contribution in [0.2, 0.25) is 0 Å². The summed E-state index contributed by atoms with van der Waals surface area (Å²) in [5.74, 6) is 0.478. The van der Waals surface area contributed by atoms with E-state index in [1.165, 1.54) is 12.8 Å². The monoisotopic (exact) mass is 305 g/mol. The lowest BCUT2D eigenvalue weighted by Crippen LogP contribution is -2.03. The molecule has 1 saturated carbocycles. The zero-order valence-corrected chi connectivity index (χ0v) is 12.5. The van der Waals surface area contributed by atoms with E-state index < -0.39 is 0 Å². The Bertz CT molecular complexity index is 812. The first-order chi connectivity index (χ1) is 11.3. The first-order valence-corrected chi connectivity index (χ1v) is 7.74. The van der Waals surface area contributed by atoms with Gasteiger partial charge in [-0.15, -0.1) is 0 Å². The molecule has 4 rings (SSSR count). The molecule has 0 unspecified atom stereocenters. The van der Waals surface area contributed by atoms with Crippen molar-refractivity contribution in [3.8, 4) is 22.4 Å². The van der Waals surface area contributed by atoms with Gasteiger partial charge in [0.2, 0.25) is 0 Å². The van der Waals surface area contributed by atoms with Gasteiger partial charge in [0, 0.05) is 17.2 Å². The molecule has 1 aliphatic rings. The molecule has 1 heterocycles. The first-order valence-electron chi connectivity index (χ1n) is 7.74. The molecule has 4 heteroatoms. The Labute approximate surface area is 134 Å². The van der Waals surface area contributed by atoms with Crippen LogP contribution < -0.4 is 5.32 Å². The molecule has 1 aliphatic carbocycles. The predicted octanol–water partition coefficient (Wildman–Crippen LogP) is 4.52. The second-order valence-corrected chi connectivity index (χ2v) is 5.74. The van der Waals surface area contributed by atoms with Crippen LogP contribution >= 0.6 is 0 Å². The van der Waals surface area contributed by atoms with Crippen LogP contribution in [0.15, 0.2) is 60.9 Å². The van der Waals surface area contributed by atoms with Gasteiger partial charge >= 0.3 is 0 Å². The van der Waals surface area contributed by atoms with Gasteiger partial charge in [-0.25, -0.2) is 9.37 Å². The van der Waals surface area contributed by atoms with Crippen LogP contribution in [0.25, 0.3) is 22.4 Å². The van der Waals surface area contributed by atoms with E-state index in [9.17, 15) is 4.39 Å². The molecule has 2 aromatic carbocycles. The fourth-order valence-corrected chi connectivity index (χ4v) is 2.55. The third-order valence-electron chi connectivity index (χ3n) is 3.94. The van der Waals surface area contributed by atoms with Crippen molar-refractivity contribution in [1.82, 2.24) is 9.97 Å². The van der Waals surface area contributed by atoms with Gasteiger partial charge in [-0.3, -0.25) is 4.98 Å². The summed E-state index contributed by atoms with van der Waals surface area (Å²) in [6, 6.07) is 15.4. The van der Waals surface area contributed by atoms with E-state index in [2.05, 4.69) is 15.3 Å². The Morgan fingerprint density at radius 2 is 1.65 bits per heavy atom. The molecule has 0 radical (unpaired) electrons. The van der Waals surface area contributed by atoms with Gasteiger partial charge in [0.05, 0.1) is 18.1 Å². The van der Waals surface area contributed by atoms with E-state index in [-0.39, 0.29) is 5.82 Å². The van der Waals surface area contributed by atoms with Gasteiger partial charge in [0.15, 0.2) is 0 Å². The van der Waals surface area contributed by atoms with Crippen LogP contribution in [0.3, 0.4) is 0 Å². The lowest BCUT2D eigenvalue weighted by Gasteiger charge is -2.09. The predicted molar refractivity (Wildman–Crippen MR) is 89.5 cm³/mol. The molecule has 0 amide bonds.